The van der Waals surface area contributed by atoms with Gasteiger partial charge in [-0.1, -0.05) is 43.3 Å². The summed E-state index contributed by atoms with van der Waals surface area (Å²) in [5.74, 6) is 0. The van der Waals surface area contributed by atoms with Crippen LogP contribution in [0.3, 0.4) is 0 Å². The van der Waals surface area contributed by atoms with Crippen molar-refractivity contribution in [2.24, 2.45) is 0 Å². The lowest BCUT2D eigenvalue weighted by molar-refractivity contribution is 0.633. The zero-order valence-electron chi connectivity index (χ0n) is 11.9. The van der Waals surface area contributed by atoms with E-state index in [2.05, 4.69) is 72.4 Å². The van der Waals surface area contributed by atoms with E-state index in [-0.39, 0.29) is 6.04 Å². The van der Waals surface area contributed by atoms with Gasteiger partial charge in [0.15, 0.2) is 0 Å². The third kappa shape index (κ3) is 2.37. The number of rotatable bonds is 4. The number of nitrogens with one attached hydrogen (secondary N) is 1. The molecule has 3 aromatic rings. The van der Waals surface area contributed by atoms with Crippen LogP contribution in [0.25, 0.3) is 10.8 Å². The number of hydrogen-bond donors (Lipinski definition) is 1. The van der Waals surface area contributed by atoms with Gasteiger partial charge in [0, 0.05) is 0 Å². The first-order valence-corrected chi connectivity index (χ1v) is 7.99. The van der Waals surface area contributed by atoms with Gasteiger partial charge in [0.25, 0.3) is 0 Å². The molecule has 0 radical (unpaired) electrons. The van der Waals surface area contributed by atoms with Gasteiger partial charge in [-0.05, 0) is 57.8 Å². The highest BCUT2D eigenvalue weighted by molar-refractivity contribution is 7.08. The van der Waals surface area contributed by atoms with Crippen LogP contribution in [-0.4, -0.2) is 6.54 Å². The number of fused-ring (bicyclic) bond motifs is 1. The Bertz CT molecular complexity index is 701. The fourth-order valence-electron chi connectivity index (χ4n) is 2.82. The van der Waals surface area contributed by atoms with Crippen molar-refractivity contribution in [2.45, 2.75) is 19.9 Å². The number of hydrogen-bond acceptors (Lipinski definition) is 2. The molecule has 1 aromatic heterocycles. The molecule has 20 heavy (non-hydrogen) atoms. The van der Waals surface area contributed by atoms with Crippen LogP contribution in [0.15, 0.2) is 53.2 Å². The van der Waals surface area contributed by atoms with Crippen molar-refractivity contribution in [2.75, 3.05) is 6.54 Å². The fraction of sp³-hybridized carbons (Fsp3) is 0.222. The molecule has 0 aliphatic heterocycles. The largest absolute Gasteiger partial charge is 0.306 e. The van der Waals surface area contributed by atoms with Crippen molar-refractivity contribution < 1.29 is 0 Å². The normalized spacial score (nSPS) is 12.7. The quantitative estimate of drug-likeness (QED) is 0.716. The van der Waals surface area contributed by atoms with E-state index in [9.17, 15) is 0 Å². The van der Waals surface area contributed by atoms with Crippen LogP contribution in [0.4, 0.5) is 0 Å². The Balaban J connectivity index is 2.22. The van der Waals surface area contributed by atoms with Crippen molar-refractivity contribution in [1.29, 1.82) is 0 Å². The maximum absolute atomic E-state index is 3.64. The standard InChI is InChI=1S/C18H19NS/c1-3-19-18(15-10-11-20-12-15)17-13(2)8-9-14-6-4-5-7-16(14)17/h4-12,18-19H,3H2,1-2H3. The molecule has 102 valence electrons. The average Bonchev–Trinajstić information content (AvgIpc) is 2.99. The second kappa shape index (κ2) is 5.78. The van der Waals surface area contributed by atoms with E-state index in [4.69, 9.17) is 0 Å². The van der Waals surface area contributed by atoms with Crippen molar-refractivity contribution in [3.05, 3.63) is 69.9 Å². The molecule has 1 heterocycles. The van der Waals surface area contributed by atoms with E-state index in [1.54, 1.807) is 11.3 Å². The third-order valence-electron chi connectivity index (χ3n) is 3.76. The molecule has 1 nitrogen and oxygen atoms in total. The zero-order chi connectivity index (χ0) is 13.9. The van der Waals surface area contributed by atoms with Gasteiger partial charge in [0.05, 0.1) is 6.04 Å². The highest BCUT2D eigenvalue weighted by Crippen LogP contribution is 2.32. The lowest BCUT2D eigenvalue weighted by Gasteiger charge is -2.22. The predicted molar refractivity (Wildman–Crippen MR) is 88.5 cm³/mol. The first kappa shape index (κ1) is 13.3. The monoisotopic (exact) mass is 281 g/mol. The molecular formula is C18H19NS. The van der Waals surface area contributed by atoms with Crippen molar-refractivity contribution >= 4 is 22.1 Å². The molecule has 0 bridgehead atoms. The summed E-state index contributed by atoms with van der Waals surface area (Å²) in [6.45, 7) is 5.33. The second-order valence-electron chi connectivity index (χ2n) is 5.06. The molecule has 0 saturated carbocycles. The summed E-state index contributed by atoms with van der Waals surface area (Å²) in [4.78, 5) is 0. The SMILES string of the molecule is CCNC(c1ccsc1)c1c(C)ccc2ccccc12. The molecule has 1 N–H and O–H groups in total. The van der Waals surface area contributed by atoms with Gasteiger partial charge in [-0.25, -0.2) is 0 Å². The number of benzene rings is 2. The Hall–Kier alpha value is -1.64. The number of aryl methyl sites for hydroxylation is 1. The minimum Gasteiger partial charge on any atom is -0.306 e. The van der Waals surface area contributed by atoms with Crippen molar-refractivity contribution in [3.63, 3.8) is 0 Å². The third-order valence-corrected chi connectivity index (χ3v) is 4.46. The van der Waals surface area contributed by atoms with Gasteiger partial charge < -0.3 is 5.32 Å². The Kier molecular flexibility index (Phi) is 3.86. The molecule has 1 unspecified atom stereocenters. The van der Waals surface area contributed by atoms with Crippen LogP contribution < -0.4 is 5.32 Å². The first-order chi connectivity index (χ1) is 9.81. The Morgan fingerprint density at radius 1 is 1.10 bits per heavy atom. The van der Waals surface area contributed by atoms with Crippen LogP contribution in [0.2, 0.25) is 0 Å². The van der Waals surface area contributed by atoms with Crippen LogP contribution in [0.1, 0.15) is 29.7 Å². The van der Waals surface area contributed by atoms with E-state index in [1.807, 2.05) is 0 Å². The highest BCUT2D eigenvalue weighted by Gasteiger charge is 2.18. The topological polar surface area (TPSA) is 12.0 Å². The van der Waals surface area contributed by atoms with E-state index in [0.717, 1.165) is 6.54 Å². The molecule has 3 rings (SSSR count). The lowest BCUT2D eigenvalue weighted by atomic mass is 9.91. The van der Waals surface area contributed by atoms with Crippen LogP contribution in [-0.2, 0) is 0 Å². The Morgan fingerprint density at radius 3 is 2.70 bits per heavy atom. The molecule has 2 aromatic carbocycles. The molecule has 0 aliphatic rings. The number of thiophene rings is 1. The molecule has 0 spiro atoms. The van der Waals surface area contributed by atoms with Gasteiger partial charge in [-0.2, -0.15) is 11.3 Å². The van der Waals surface area contributed by atoms with E-state index in [0.29, 0.717) is 0 Å². The lowest BCUT2D eigenvalue weighted by Crippen LogP contribution is -2.22. The maximum Gasteiger partial charge on any atom is 0.0593 e. The van der Waals surface area contributed by atoms with Gasteiger partial charge in [-0.15, -0.1) is 0 Å². The molecule has 1 atom stereocenters. The summed E-state index contributed by atoms with van der Waals surface area (Å²) < 4.78 is 0. The minimum absolute atomic E-state index is 0.275. The molecule has 2 heteroatoms. The van der Waals surface area contributed by atoms with Crippen LogP contribution in [0.5, 0.6) is 0 Å². The zero-order valence-corrected chi connectivity index (χ0v) is 12.7. The molecular weight excluding hydrogens is 262 g/mol. The summed E-state index contributed by atoms with van der Waals surface area (Å²) >= 11 is 1.76. The van der Waals surface area contributed by atoms with Crippen LogP contribution >= 0.6 is 11.3 Å². The highest BCUT2D eigenvalue weighted by atomic mass is 32.1. The van der Waals surface area contributed by atoms with Crippen molar-refractivity contribution in [3.8, 4) is 0 Å². The predicted octanol–water partition coefficient (Wildman–Crippen LogP) is 4.91. The fourth-order valence-corrected chi connectivity index (χ4v) is 3.50. The summed E-state index contributed by atoms with van der Waals surface area (Å²) in [5, 5.41) is 10.7. The van der Waals surface area contributed by atoms with Gasteiger partial charge in [0.1, 0.15) is 0 Å². The second-order valence-corrected chi connectivity index (χ2v) is 5.84. The van der Waals surface area contributed by atoms with Gasteiger partial charge in [0.2, 0.25) is 0 Å². The van der Waals surface area contributed by atoms with E-state index < -0.39 is 0 Å². The van der Waals surface area contributed by atoms with Crippen molar-refractivity contribution in [1.82, 2.24) is 5.32 Å². The van der Waals surface area contributed by atoms with Gasteiger partial charge in [-0.3, -0.25) is 0 Å². The molecule has 0 saturated heterocycles. The van der Waals surface area contributed by atoms with E-state index >= 15 is 0 Å². The summed E-state index contributed by atoms with van der Waals surface area (Å²) in [6, 6.07) is 15.6. The minimum atomic E-state index is 0.275. The van der Waals surface area contributed by atoms with E-state index in [1.165, 1.54) is 27.5 Å². The average molecular weight is 281 g/mol. The Morgan fingerprint density at radius 2 is 1.95 bits per heavy atom. The molecule has 0 amide bonds. The smallest absolute Gasteiger partial charge is 0.0593 e. The summed E-state index contributed by atoms with van der Waals surface area (Å²) in [6.07, 6.45) is 0. The van der Waals surface area contributed by atoms with Crippen LogP contribution in [0, 0.1) is 6.92 Å². The first-order valence-electron chi connectivity index (χ1n) is 7.05. The van der Waals surface area contributed by atoms with Gasteiger partial charge >= 0.3 is 0 Å². The Labute approximate surface area is 124 Å². The maximum atomic E-state index is 3.64. The molecule has 0 aliphatic carbocycles. The molecule has 0 fully saturated rings. The summed E-state index contributed by atoms with van der Waals surface area (Å²) in [5.41, 5.74) is 4.11. The summed E-state index contributed by atoms with van der Waals surface area (Å²) in [7, 11) is 0.